The summed E-state index contributed by atoms with van der Waals surface area (Å²) in [4.78, 5) is 12.7. The second-order valence-electron chi connectivity index (χ2n) is 8.06. The van der Waals surface area contributed by atoms with E-state index in [1.807, 2.05) is 6.92 Å². The Morgan fingerprint density at radius 2 is 1.75 bits per heavy atom. The number of nitrogens with zero attached hydrogens (tertiary/aromatic N) is 3. The van der Waals surface area contributed by atoms with Crippen LogP contribution in [0.4, 0.5) is 14.5 Å². The molecule has 5 nitrogen and oxygen atoms in total. The van der Waals surface area contributed by atoms with Crippen molar-refractivity contribution in [3.05, 3.63) is 82.9 Å². The zero-order valence-electron chi connectivity index (χ0n) is 17.7. The molecule has 32 heavy (non-hydrogen) atoms. The summed E-state index contributed by atoms with van der Waals surface area (Å²) in [5.74, 6) is -0.860. The average Bonchev–Trinajstić information content (AvgIpc) is 2.75. The minimum Gasteiger partial charge on any atom is -0.384 e. The normalized spacial score (nSPS) is 12.7. The molecule has 0 saturated heterocycles. The summed E-state index contributed by atoms with van der Waals surface area (Å²) in [6.45, 7) is 5.00. The van der Waals surface area contributed by atoms with E-state index >= 15 is 0 Å². The largest absolute Gasteiger partial charge is 0.384 e. The number of aromatic nitrogens is 3. The number of aliphatic hydroxyl groups is 1. The molecule has 0 amide bonds. The van der Waals surface area contributed by atoms with Gasteiger partial charge in [0.25, 0.3) is 0 Å². The van der Waals surface area contributed by atoms with Crippen LogP contribution in [0.15, 0.2) is 55.0 Å². The highest BCUT2D eigenvalue weighted by atomic mass is 35.5. The van der Waals surface area contributed by atoms with Crippen molar-refractivity contribution in [2.24, 2.45) is 0 Å². The number of pyridine rings is 1. The van der Waals surface area contributed by atoms with Gasteiger partial charge in [-0.3, -0.25) is 15.0 Å². The molecule has 1 unspecified atom stereocenters. The van der Waals surface area contributed by atoms with E-state index in [2.05, 4.69) is 20.3 Å². The fourth-order valence-electron chi connectivity index (χ4n) is 3.44. The summed E-state index contributed by atoms with van der Waals surface area (Å²) in [6, 6.07) is 8.95. The molecule has 2 aromatic heterocycles. The Hall–Kier alpha value is -3.16. The zero-order chi connectivity index (χ0) is 23.0. The van der Waals surface area contributed by atoms with Gasteiger partial charge >= 0.3 is 0 Å². The zero-order valence-corrected chi connectivity index (χ0v) is 18.5. The maximum Gasteiger partial charge on any atom is 0.134 e. The van der Waals surface area contributed by atoms with Crippen molar-refractivity contribution in [3.8, 4) is 11.3 Å². The van der Waals surface area contributed by atoms with E-state index in [4.69, 9.17) is 11.6 Å². The summed E-state index contributed by atoms with van der Waals surface area (Å²) < 4.78 is 29.1. The Labute approximate surface area is 189 Å². The Morgan fingerprint density at radius 1 is 1.00 bits per heavy atom. The molecule has 0 fully saturated rings. The maximum absolute atomic E-state index is 14.9. The van der Waals surface area contributed by atoms with Gasteiger partial charge in [0.05, 0.1) is 46.1 Å². The standard InChI is InChI=1S/C24H21ClF2N4O/c1-13(14-6-4-5-7-18(14)26)31-23-16-8-15(19(27)9-20(16)28-10-17(23)25)21-11-30-22(12-29-21)24(2,3)32/h4-13,32H,1-3H3,(H,28,31). The van der Waals surface area contributed by atoms with E-state index in [1.54, 1.807) is 38.1 Å². The molecule has 0 aliphatic heterocycles. The summed E-state index contributed by atoms with van der Waals surface area (Å²) in [5, 5.41) is 14.2. The smallest absolute Gasteiger partial charge is 0.134 e. The highest BCUT2D eigenvalue weighted by molar-refractivity contribution is 6.34. The van der Waals surface area contributed by atoms with Crippen LogP contribution in [0.3, 0.4) is 0 Å². The van der Waals surface area contributed by atoms with Gasteiger partial charge < -0.3 is 10.4 Å². The third-order valence-electron chi connectivity index (χ3n) is 5.20. The first-order valence-electron chi connectivity index (χ1n) is 9.99. The van der Waals surface area contributed by atoms with Gasteiger partial charge in [0.15, 0.2) is 0 Å². The van der Waals surface area contributed by atoms with Crippen LogP contribution in [0.5, 0.6) is 0 Å². The van der Waals surface area contributed by atoms with Crippen molar-refractivity contribution in [3.63, 3.8) is 0 Å². The highest BCUT2D eigenvalue weighted by Crippen LogP contribution is 2.36. The number of rotatable bonds is 5. The van der Waals surface area contributed by atoms with Crippen molar-refractivity contribution >= 4 is 28.2 Å². The van der Waals surface area contributed by atoms with Crippen LogP contribution in [-0.4, -0.2) is 20.1 Å². The number of nitrogens with one attached hydrogen (secondary N) is 1. The molecular weight excluding hydrogens is 434 g/mol. The number of anilines is 1. The first kappa shape index (κ1) is 22.0. The summed E-state index contributed by atoms with van der Waals surface area (Å²) in [5.41, 5.74) is 1.08. The lowest BCUT2D eigenvalue weighted by Gasteiger charge is -2.19. The molecule has 0 aliphatic rings. The fourth-order valence-corrected chi connectivity index (χ4v) is 3.64. The van der Waals surface area contributed by atoms with E-state index in [-0.39, 0.29) is 11.4 Å². The third-order valence-corrected chi connectivity index (χ3v) is 5.48. The van der Waals surface area contributed by atoms with Gasteiger partial charge in [-0.2, -0.15) is 0 Å². The van der Waals surface area contributed by atoms with Crippen molar-refractivity contribution in [2.45, 2.75) is 32.4 Å². The van der Waals surface area contributed by atoms with Crippen LogP contribution in [0, 0.1) is 11.6 Å². The predicted octanol–water partition coefficient (Wildman–Crippen LogP) is 6.02. The molecule has 1 atom stereocenters. The van der Waals surface area contributed by atoms with E-state index in [0.717, 1.165) is 0 Å². The summed E-state index contributed by atoms with van der Waals surface area (Å²) >= 11 is 6.42. The fraction of sp³-hybridized carbons (Fsp3) is 0.208. The molecule has 4 rings (SSSR count). The van der Waals surface area contributed by atoms with E-state index in [1.165, 1.54) is 30.7 Å². The van der Waals surface area contributed by atoms with Crippen molar-refractivity contribution < 1.29 is 13.9 Å². The van der Waals surface area contributed by atoms with E-state index in [9.17, 15) is 13.9 Å². The van der Waals surface area contributed by atoms with Gasteiger partial charge in [-0.15, -0.1) is 0 Å². The van der Waals surface area contributed by atoms with Gasteiger partial charge in [-0.25, -0.2) is 8.78 Å². The van der Waals surface area contributed by atoms with Gasteiger partial charge in [0.2, 0.25) is 0 Å². The molecule has 164 valence electrons. The minimum atomic E-state index is -1.16. The number of halogens is 3. The molecule has 2 aromatic carbocycles. The van der Waals surface area contributed by atoms with Crippen LogP contribution >= 0.6 is 11.6 Å². The number of hydrogen-bond donors (Lipinski definition) is 2. The van der Waals surface area contributed by atoms with E-state index < -0.39 is 17.5 Å². The second-order valence-corrected chi connectivity index (χ2v) is 8.47. The number of benzene rings is 2. The van der Waals surface area contributed by atoms with Gasteiger partial charge in [-0.1, -0.05) is 29.8 Å². The molecule has 0 radical (unpaired) electrons. The summed E-state index contributed by atoms with van der Waals surface area (Å²) in [7, 11) is 0. The quantitative estimate of drug-likeness (QED) is 0.385. The van der Waals surface area contributed by atoms with Crippen LogP contribution < -0.4 is 5.32 Å². The molecule has 0 spiro atoms. The lowest BCUT2D eigenvalue weighted by atomic mass is 10.0. The Kier molecular flexibility index (Phi) is 5.79. The molecule has 0 saturated carbocycles. The minimum absolute atomic E-state index is 0.206. The molecule has 0 bridgehead atoms. The Balaban J connectivity index is 1.79. The number of fused-ring (bicyclic) bond motifs is 1. The summed E-state index contributed by atoms with van der Waals surface area (Å²) in [6.07, 6.45) is 4.25. The van der Waals surface area contributed by atoms with Crippen molar-refractivity contribution in [1.29, 1.82) is 0 Å². The monoisotopic (exact) mass is 454 g/mol. The highest BCUT2D eigenvalue weighted by Gasteiger charge is 2.20. The van der Waals surface area contributed by atoms with Crippen LogP contribution in [0.2, 0.25) is 5.02 Å². The topological polar surface area (TPSA) is 70.9 Å². The predicted molar refractivity (Wildman–Crippen MR) is 121 cm³/mol. The lowest BCUT2D eigenvalue weighted by Crippen LogP contribution is -2.17. The Bertz CT molecular complexity index is 1290. The van der Waals surface area contributed by atoms with Crippen molar-refractivity contribution in [2.75, 3.05) is 5.32 Å². The SMILES string of the molecule is CC(Nc1c(Cl)cnc2cc(F)c(-c3cnc(C(C)(C)O)cn3)cc12)c1ccccc1F. The van der Waals surface area contributed by atoms with E-state index in [0.29, 0.717) is 38.6 Å². The third kappa shape index (κ3) is 4.26. The van der Waals surface area contributed by atoms with Gasteiger partial charge in [0.1, 0.15) is 17.2 Å². The molecule has 8 heteroatoms. The molecular formula is C24H21ClF2N4O. The molecule has 2 heterocycles. The molecule has 4 aromatic rings. The first-order valence-corrected chi connectivity index (χ1v) is 10.4. The average molecular weight is 455 g/mol. The van der Waals surface area contributed by atoms with Crippen LogP contribution in [-0.2, 0) is 5.60 Å². The molecule has 0 aliphatic carbocycles. The van der Waals surface area contributed by atoms with Crippen LogP contribution in [0.1, 0.15) is 38.1 Å². The lowest BCUT2D eigenvalue weighted by molar-refractivity contribution is 0.0734. The first-order chi connectivity index (χ1) is 15.1. The van der Waals surface area contributed by atoms with Gasteiger partial charge in [0, 0.05) is 28.8 Å². The maximum atomic E-state index is 14.9. The second kappa shape index (κ2) is 8.41. The molecule has 2 N–H and O–H groups in total. The Morgan fingerprint density at radius 3 is 2.41 bits per heavy atom. The van der Waals surface area contributed by atoms with Crippen LogP contribution in [0.25, 0.3) is 22.2 Å². The van der Waals surface area contributed by atoms with Crippen molar-refractivity contribution in [1.82, 2.24) is 15.0 Å². The number of hydrogen-bond acceptors (Lipinski definition) is 5. The van der Waals surface area contributed by atoms with Gasteiger partial charge in [-0.05, 0) is 32.9 Å².